The molecule has 4 aromatic rings. The van der Waals surface area contributed by atoms with Gasteiger partial charge in [-0.05, 0) is 24.3 Å². The Kier molecular flexibility index (Phi) is 4.34. The highest BCUT2D eigenvalue weighted by molar-refractivity contribution is 5.82. The van der Waals surface area contributed by atoms with Crippen molar-refractivity contribution in [2.75, 3.05) is 36.9 Å². The number of aromatic nitrogens is 4. The number of imidazole rings is 1. The summed E-state index contributed by atoms with van der Waals surface area (Å²) in [6.07, 6.45) is 1.69. The molecule has 1 saturated heterocycles. The number of hydrogen-bond acceptors (Lipinski definition) is 7. The van der Waals surface area contributed by atoms with Crippen molar-refractivity contribution < 1.29 is 0 Å². The normalized spacial score (nSPS) is 15.1. The molecule has 8 nitrogen and oxygen atoms in total. The van der Waals surface area contributed by atoms with Gasteiger partial charge in [0.2, 0.25) is 0 Å². The van der Waals surface area contributed by atoms with Crippen LogP contribution in [0.25, 0.3) is 33.8 Å². The molecule has 0 radical (unpaired) electrons. The number of piperazine rings is 1. The topological polar surface area (TPSA) is 102 Å². The third kappa shape index (κ3) is 3.18. The van der Waals surface area contributed by atoms with E-state index in [1.165, 1.54) is 0 Å². The predicted octanol–water partition coefficient (Wildman–Crippen LogP) is 1.87. The first kappa shape index (κ1) is 17.6. The van der Waals surface area contributed by atoms with E-state index in [2.05, 4.69) is 26.8 Å². The number of hydrogen-bond donors (Lipinski definition) is 2. The van der Waals surface area contributed by atoms with Crippen molar-refractivity contribution in [1.82, 2.24) is 24.6 Å². The van der Waals surface area contributed by atoms with Gasteiger partial charge < -0.3 is 10.7 Å². The molecule has 1 aliphatic rings. The quantitative estimate of drug-likeness (QED) is 0.518. The molecule has 0 saturated carbocycles. The van der Waals surface area contributed by atoms with Crippen molar-refractivity contribution in [1.29, 1.82) is 0 Å². The molecule has 29 heavy (non-hydrogen) atoms. The molecule has 4 N–H and O–H groups in total. The molecule has 5 rings (SSSR count). The highest BCUT2D eigenvalue weighted by atomic mass is 15.6. The smallest absolute Gasteiger partial charge is 0.180 e. The van der Waals surface area contributed by atoms with Crippen LogP contribution in [0.1, 0.15) is 0 Å². The van der Waals surface area contributed by atoms with E-state index in [0.717, 1.165) is 60.0 Å². The van der Waals surface area contributed by atoms with Gasteiger partial charge in [0.25, 0.3) is 0 Å². The first-order valence-corrected chi connectivity index (χ1v) is 9.61. The fourth-order valence-electron chi connectivity index (χ4n) is 3.68. The van der Waals surface area contributed by atoms with E-state index in [1.807, 2.05) is 47.5 Å². The lowest BCUT2D eigenvalue weighted by Crippen LogP contribution is -2.53. The third-order valence-electron chi connectivity index (χ3n) is 5.20. The first-order valence-electron chi connectivity index (χ1n) is 9.61. The van der Waals surface area contributed by atoms with Gasteiger partial charge in [0.05, 0.1) is 11.3 Å². The van der Waals surface area contributed by atoms with Crippen LogP contribution in [-0.4, -0.2) is 50.8 Å². The average molecular weight is 386 g/mol. The Morgan fingerprint density at radius 1 is 0.828 bits per heavy atom. The molecule has 4 heterocycles. The Labute approximate surface area is 168 Å². The van der Waals surface area contributed by atoms with Gasteiger partial charge in [-0.1, -0.05) is 30.3 Å². The molecule has 1 aliphatic heterocycles. The van der Waals surface area contributed by atoms with Crippen molar-refractivity contribution in [2.24, 2.45) is 5.84 Å². The van der Waals surface area contributed by atoms with Crippen LogP contribution in [0.5, 0.6) is 0 Å². The molecule has 8 heteroatoms. The van der Waals surface area contributed by atoms with Crippen molar-refractivity contribution in [3.05, 3.63) is 60.8 Å². The van der Waals surface area contributed by atoms with Gasteiger partial charge in [-0.2, -0.15) is 0 Å². The number of nitrogen functional groups attached to an aromatic ring is 1. The van der Waals surface area contributed by atoms with E-state index >= 15 is 0 Å². The van der Waals surface area contributed by atoms with E-state index in [4.69, 9.17) is 21.5 Å². The molecule has 146 valence electrons. The number of fused-ring (bicyclic) bond motifs is 1. The fourth-order valence-corrected chi connectivity index (χ4v) is 3.68. The zero-order chi connectivity index (χ0) is 19.8. The number of hydrazine groups is 1. The number of nitrogens with zero attached hydrogens (tertiary/aromatic N) is 6. The second-order valence-electron chi connectivity index (χ2n) is 7.08. The maximum absolute atomic E-state index is 6.18. The summed E-state index contributed by atoms with van der Waals surface area (Å²) in [6.45, 7) is 3.07. The molecular formula is C21H22N8. The van der Waals surface area contributed by atoms with Crippen LogP contribution in [0.4, 0.5) is 5.82 Å². The standard InChI is InChI=1S/C21H22N8/c22-19-16(7-4-10-24-19)20-26-18-9-8-17(15-5-2-1-3-6-15)25-21(18)29(20)28-13-11-27(23)12-14-28/h1-10H,11-14,23H2,(H2,22,24). The first-order chi connectivity index (χ1) is 14.2. The van der Waals surface area contributed by atoms with E-state index < -0.39 is 0 Å². The van der Waals surface area contributed by atoms with Gasteiger partial charge in [0.1, 0.15) is 11.3 Å². The Morgan fingerprint density at radius 2 is 1.62 bits per heavy atom. The van der Waals surface area contributed by atoms with Gasteiger partial charge >= 0.3 is 0 Å². The summed E-state index contributed by atoms with van der Waals surface area (Å²) in [5.41, 5.74) is 10.6. The highest BCUT2D eigenvalue weighted by Crippen LogP contribution is 2.29. The summed E-state index contributed by atoms with van der Waals surface area (Å²) in [5, 5.41) is 4.05. The van der Waals surface area contributed by atoms with Gasteiger partial charge in [-0.15, -0.1) is 0 Å². The predicted molar refractivity (Wildman–Crippen MR) is 114 cm³/mol. The minimum absolute atomic E-state index is 0.449. The fraction of sp³-hybridized carbons (Fsp3) is 0.190. The summed E-state index contributed by atoms with van der Waals surface area (Å²) >= 11 is 0. The molecule has 0 bridgehead atoms. The zero-order valence-electron chi connectivity index (χ0n) is 15.9. The van der Waals surface area contributed by atoms with Crippen LogP contribution in [0.2, 0.25) is 0 Å². The maximum Gasteiger partial charge on any atom is 0.180 e. The second kappa shape index (κ2) is 7.16. The molecule has 1 aromatic carbocycles. The van der Waals surface area contributed by atoms with E-state index in [0.29, 0.717) is 5.82 Å². The van der Waals surface area contributed by atoms with Crippen molar-refractivity contribution in [2.45, 2.75) is 0 Å². The van der Waals surface area contributed by atoms with Gasteiger partial charge in [-0.25, -0.2) is 24.6 Å². The molecule has 0 amide bonds. The summed E-state index contributed by atoms with van der Waals surface area (Å²) in [5.74, 6) is 7.17. The van der Waals surface area contributed by atoms with Gasteiger partial charge in [0.15, 0.2) is 11.5 Å². The number of anilines is 1. The van der Waals surface area contributed by atoms with Crippen molar-refractivity contribution in [3.63, 3.8) is 0 Å². The van der Waals surface area contributed by atoms with Crippen LogP contribution in [0.3, 0.4) is 0 Å². The SMILES string of the molecule is Nc1ncccc1-c1nc2ccc(-c3ccccc3)nc2n1N1CCN(N)CC1. The highest BCUT2D eigenvalue weighted by Gasteiger charge is 2.23. The number of rotatable bonds is 3. The summed E-state index contributed by atoms with van der Waals surface area (Å²) in [7, 11) is 0. The average Bonchev–Trinajstić information content (AvgIpc) is 3.14. The van der Waals surface area contributed by atoms with Crippen LogP contribution in [0, 0.1) is 0 Å². The summed E-state index contributed by atoms with van der Waals surface area (Å²) < 4.78 is 2.07. The van der Waals surface area contributed by atoms with Crippen LogP contribution in [0.15, 0.2) is 60.8 Å². The molecular weight excluding hydrogens is 364 g/mol. The Hall–Kier alpha value is -3.49. The number of benzene rings is 1. The summed E-state index contributed by atoms with van der Waals surface area (Å²) in [4.78, 5) is 14.1. The largest absolute Gasteiger partial charge is 0.383 e. The monoisotopic (exact) mass is 386 g/mol. The van der Waals surface area contributed by atoms with Crippen LogP contribution < -0.4 is 16.6 Å². The van der Waals surface area contributed by atoms with E-state index in [-0.39, 0.29) is 0 Å². The Morgan fingerprint density at radius 3 is 2.38 bits per heavy atom. The lowest BCUT2D eigenvalue weighted by molar-refractivity contribution is 0.248. The molecule has 0 atom stereocenters. The van der Waals surface area contributed by atoms with Gasteiger partial charge in [0, 0.05) is 37.9 Å². The van der Waals surface area contributed by atoms with E-state index in [9.17, 15) is 0 Å². The molecule has 1 fully saturated rings. The third-order valence-corrected chi connectivity index (χ3v) is 5.20. The van der Waals surface area contributed by atoms with Crippen molar-refractivity contribution in [3.8, 4) is 22.6 Å². The van der Waals surface area contributed by atoms with Crippen LogP contribution in [-0.2, 0) is 0 Å². The molecule has 3 aromatic heterocycles. The molecule has 0 unspecified atom stereocenters. The second-order valence-corrected chi connectivity index (χ2v) is 7.08. The van der Waals surface area contributed by atoms with Gasteiger partial charge in [-0.3, -0.25) is 5.84 Å². The number of nitrogens with two attached hydrogens (primary N) is 2. The lowest BCUT2D eigenvalue weighted by atomic mass is 10.1. The maximum atomic E-state index is 6.18. The molecule has 0 spiro atoms. The molecule has 0 aliphatic carbocycles. The number of pyridine rings is 2. The minimum atomic E-state index is 0.449. The Balaban J connectivity index is 1.71. The Bertz CT molecular complexity index is 1150. The van der Waals surface area contributed by atoms with E-state index in [1.54, 1.807) is 6.20 Å². The van der Waals surface area contributed by atoms with Crippen molar-refractivity contribution >= 4 is 17.0 Å². The minimum Gasteiger partial charge on any atom is -0.383 e. The van der Waals surface area contributed by atoms with Crippen LogP contribution >= 0.6 is 0 Å². The zero-order valence-corrected chi connectivity index (χ0v) is 15.9. The summed E-state index contributed by atoms with van der Waals surface area (Å²) in [6, 6.07) is 18.0. The lowest BCUT2D eigenvalue weighted by Gasteiger charge is -2.35.